The molecule has 0 N–H and O–H groups in total. The third kappa shape index (κ3) is 7.34. The van der Waals surface area contributed by atoms with E-state index in [0.29, 0.717) is 0 Å². The minimum atomic E-state index is -3.92. The van der Waals surface area contributed by atoms with E-state index in [-0.39, 0.29) is 32.5 Å². The highest BCUT2D eigenvalue weighted by Gasteiger charge is 2.52. The average Bonchev–Trinajstić information content (AvgIpc) is 2.45. The van der Waals surface area contributed by atoms with E-state index in [2.05, 4.69) is 0 Å². The van der Waals surface area contributed by atoms with Crippen LogP contribution >= 0.6 is 15.2 Å². The minimum Gasteiger partial charge on any atom is -0.463 e. The molecule has 0 aliphatic carbocycles. The van der Waals surface area contributed by atoms with Crippen LogP contribution in [0.1, 0.15) is 48.0 Å². The van der Waals surface area contributed by atoms with Gasteiger partial charge in [0.2, 0.25) is 0 Å². The molecule has 10 heteroatoms. The molecule has 0 aliphatic heterocycles. The van der Waals surface area contributed by atoms with E-state index in [1.54, 1.807) is 41.5 Å². The second kappa shape index (κ2) is 11.4. The number of rotatable bonds is 13. The fourth-order valence-electron chi connectivity index (χ4n) is 2.00. The van der Waals surface area contributed by atoms with Gasteiger partial charge in [0.1, 0.15) is 0 Å². The van der Waals surface area contributed by atoms with Crippen molar-refractivity contribution in [2.24, 2.45) is 0 Å². The second-order valence-corrected chi connectivity index (χ2v) is 9.82. The normalized spacial score (nSPS) is 12.8. The Morgan fingerprint density at radius 2 is 1.12 bits per heavy atom. The molecule has 24 heavy (non-hydrogen) atoms. The van der Waals surface area contributed by atoms with Crippen molar-refractivity contribution in [3.8, 4) is 0 Å². The maximum Gasteiger partial charge on any atom is 0.346 e. The van der Waals surface area contributed by atoms with Crippen LogP contribution in [0.25, 0.3) is 0 Å². The first-order valence-electron chi connectivity index (χ1n) is 8.16. The van der Waals surface area contributed by atoms with E-state index in [9.17, 15) is 13.9 Å². The molecule has 0 fully saturated rings. The summed E-state index contributed by atoms with van der Waals surface area (Å²) in [6, 6.07) is 0. The molecule has 0 bridgehead atoms. The van der Waals surface area contributed by atoms with Crippen LogP contribution in [0.15, 0.2) is 0 Å². The molecular weight excluding hydrogens is 358 g/mol. The summed E-state index contributed by atoms with van der Waals surface area (Å²) in [5.74, 6) is -0.672. The summed E-state index contributed by atoms with van der Waals surface area (Å²) >= 11 is 0. The van der Waals surface area contributed by atoms with Gasteiger partial charge < -0.3 is 22.8 Å². The van der Waals surface area contributed by atoms with Gasteiger partial charge >= 0.3 is 21.2 Å². The van der Waals surface area contributed by atoms with Crippen LogP contribution in [0.2, 0.25) is 0 Å². The van der Waals surface area contributed by atoms with Gasteiger partial charge in [-0.15, -0.1) is 0 Å². The molecule has 0 heterocycles. The van der Waals surface area contributed by atoms with Gasteiger partial charge in [0, 0.05) is 0 Å². The summed E-state index contributed by atoms with van der Waals surface area (Å²) in [4.78, 5) is 12.1. The molecule has 0 aliphatic rings. The zero-order chi connectivity index (χ0) is 18.8. The molecule has 0 aromatic heterocycles. The van der Waals surface area contributed by atoms with Crippen LogP contribution in [-0.4, -0.2) is 43.9 Å². The number of carbonyl (C=O) groups is 1. The number of hydrogen-bond donors (Lipinski definition) is 0. The third-order valence-electron chi connectivity index (χ3n) is 2.68. The van der Waals surface area contributed by atoms with Crippen molar-refractivity contribution in [2.75, 3.05) is 26.4 Å². The number of esters is 1. The summed E-state index contributed by atoms with van der Waals surface area (Å²) in [7, 11) is -7.84. The predicted molar refractivity (Wildman–Crippen MR) is 91.4 cm³/mol. The SMILES string of the molecule is CCOP(=O)(OCC)C(CC(=O)OC(C)C)P(=O)(OCC)OCC. The molecule has 0 saturated carbocycles. The molecule has 0 unspecified atom stereocenters. The van der Waals surface area contributed by atoms with Crippen molar-refractivity contribution in [2.45, 2.75) is 59.5 Å². The van der Waals surface area contributed by atoms with Crippen LogP contribution in [0.3, 0.4) is 0 Å². The predicted octanol–water partition coefficient (Wildman–Crippen LogP) is 4.19. The number of carbonyl (C=O) groups excluding carboxylic acids is 1. The van der Waals surface area contributed by atoms with Gasteiger partial charge in [-0.25, -0.2) is 0 Å². The summed E-state index contributed by atoms with van der Waals surface area (Å²) in [5.41, 5.74) is 0. The molecule has 0 amide bonds. The Hall–Kier alpha value is -0.230. The van der Waals surface area contributed by atoms with Crippen LogP contribution in [-0.2, 0) is 36.8 Å². The van der Waals surface area contributed by atoms with E-state index in [1.807, 2.05) is 0 Å². The lowest BCUT2D eigenvalue weighted by Crippen LogP contribution is -2.23. The Morgan fingerprint density at radius 1 is 0.792 bits per heavy atom. The van der Waals surface area contributed by atoms with Crippen LogP contribution < -0.4 is 0 Å². The fourth-order valence-corrected chi connectivity index (χ4v) is 7.20. The monoisotopic (exact) mass is 388 g/mol. The van der Waals surface area contributed by atoms with Crippen molar-refractivity contribution in [1.29, 1.82) is 0 Å². The molecule has 0 radical (unpaired) electrons. The Bertz CT molecular complexity index is 416. The molecule has 0 spiro atoms. The largest absolute Gasteiger partial charge is 0.463 e. The topological polar surface area (TPSA) is 97.4 Å². The Kier molecular flexibility index (Phi) is 11.3. The minimum absolute atomic E-state index is 0.0608. The third-order valence-corrected chi connectivity index (χ3v) is 8.68. The average molecular weight is 388 g/mol. The highest BCUT2D eigenvalue weighted by atomic mass is 31.2. The fraction of sp³-hybridized carbons (Fsp3) is 0.929. The van der Waals surface area contributed by atoms with Crippen LogP contribution in [0, 0.1) is 0 Å². The highest BCUT2D eigenvalue weighted by Crippen LogP contribution is 2.71. The van der Waals surface area contributed by atoms with Crippen molar-refractivity contribution < 1.29 is 36.8 Å². The van der Waals surface area contributed by atoms with Crippen LogP contribution in [0.4, 0.5) is 0 Å². The summed E-state index contributed by atoms with van der Waals surface area (Å²) in [5, 5.41) is -1.38. The quantitative estimate of drug-likeness (QED) is 0.342. The van der Waals surface area contributed by atoms with Crippen molar-refractivity contribution in [1.82, 2.24) is 0 Å². The molecule has 0 rings (SSSR count). The first-order valence-corrected chi connectivity index (χ1v) is 11.4. The zero-order valence-corrected chi connectivity index (χ0v) is 17.1. The Labute approximate surface area is 144 Å². The molecule has 0 saturated heterocycles. The lowest BCUT2D eigenvalue weighted by Gasteiger charge is -2.30. The summed E-state index contributed by atoms with van der Waals surface area (Å²) in [6.07, 6.45) is -0.817. The molecular formula is C14H30O8P2. The zero-order valence-electron chi connectivity index (χ0n) is 15.4. The smallest absolute Gasteiger partial charge is 0.346 e. The number of ether oxygens (including phenoxy) is 1. The van der Waals surface area contributed by atoms with Gasteiger partial charge in [-0.2, -0.15) is 0 Å². The van der Waals surface area contributed by atoms with E-state index in [0.717, 1.165) is 0 Å². The van der Waals surface area contributed by atoms with E-state index in [1.165, 1.54) is 0 Å². The molecule has 8 nitrogen and oxygen atoms in total. The second-order valence-electron chi connectivity index (χ2n) is 4.97. The molecule has 0 atom stereocenters. The Balaban J connectivity index is 5.82. The van der Waals surface area contributed by atoms with Crippen molar-refractivity contribution >= 4 is 21.2 Å². The van der Waals surface area contributed by atoms with Gasteiger partial charge in [-0.3, -0.25) is 13.9 Å². The summed E-state index contributed by atoms with van der Waals surface area (Å²) in [6.45, 7) is 10.1. The first kappa shape index (κ1) is 23.8. The standard InChI is InChI=1S/C14H30O8P2/c1-7-18-23(16,19-8-2)14(11-13(15)22-12(5)6)24(17,20-9-3)21-10-4/h12,14H,7-11H2,1-6H3. The number of hydrogen-bond acceptors (Lipinski definition) is 8. The van der Waals surface area contributed by atoms with Crippen molar-refractivity contribution in [3.63, 3.8) is 0 Å². The van der Waals surface area contributed by atoms with E-state index >= 15 is 0 Å². The lowest BCUT2D eigenvalue weighted by molar-refractivity contribution is -0.147. The van der Waals surface area contributed by atoms with Crippen molar-refractivity contribution in [3.05, 3.63) is 0 Å². The maximum absolute atomic E-state index is 13.1. The lowest BCUT2D eigenvalue weighted by atomic mass is 10.4. The van der Waals surface area contributed by atoms with E-state index < -0.39 is 33.0 Å². The first-order chi connectivity index (χ1) is 11.2. The van der Waals surface area contributed by atoms with Gasteiger partial charge in [0.15, 0.2) is 5.40 Å². The van der Waals surface area contributed by atoms with Gasteiger partial charge in [-0.05, 0) is 41.5 Å². The van der Waals surface area contributed by atoms with Gasteiger partial charge in [0.05, 0.1) is 39.0 Å². The van der Waals surface area contributed by atoms with Gasteiger partial charge in [0.25, 0.3) is 0 Å². The molecule has 0 aromatic rings. The maximum atomic E-state index is 13.1. The van der Waals surface area contributed by atoms with Crippen LogP contribution in [0.5, 0.6) is 0 Å². The molecule has 144 valence electrons. The van der Waals surface area contributed by atoms with E-state index in [4.69, 9.17) is 22.8 Å². The Morgan fingerprint density at radius 3 is 1.38 bits per heavy atom. The molecule has 0 aromatic carbocycles. The van der Waals surface area contributed by atoms with Gasteiger partial charge in [-0.1, -0.05) is 0 Å². The summed E-state index contributed by atoms with van der Waals surface area (Å²) < 4.78 is 52.5. The highest BCUT2D eigenvalue weighted by molar-refractivity contribution is 7.72.